The van der Waals surface area contributed by atoms with Crippen molar-refractivity contribution in [2.75, 3.05) is 6.54 Å². The van der Waals surface area contributed by atoms with Crippen LogP contribution in [-0.2, 0) is 4.79 Å². The van der Waals surface area contributed by atoms with Crippen molar-refractivity contribution >= 4 is 5.97 Å². The van der Waals surface area contributed by atoms with Crippen LogP contribution < -0.4 is 5.32 Å². The third-order valence-corrected chi connectivity index (χ3v) is 3.69. The maximum absolute atomic E-state index is 12.4. The Morgan fingerprint density at radius 3 is 2.33 bits per heavy atom. The topological polar surface area (TPSA) is 49.3 Å². The fourth-order valence-electron chi connectivity index (χ4n) is 2.45. The maximum atomic E-state index is 12.4. The predicted molar refractivity (Wildman–Crippen MR) is 61.2 cm³/mol. The molecule has 0 radical (unpaired) electrons. The zero-order valence-corrected chi connectivity index (χ0v) is 10.5. The van der Waals surface area contributed by atoms with Crippen molar-refractivity contribution in [1.29, 1.82) is 0 Å². The van der Waals surface area contributed by atoms with E-state index in [0.717, 1.165) is 25.7 Å². The summed E-state index contributed by atoms with van der Waals surface area (Å²) in [6.45, 7) is 1.29. The van der Waals surface area contributed by atoms with Gasteiger partial charge >= 0.3 is 12.1 Å². The van der Waals surface area contributed by atoms with Crippen LogP contribution in [0.3, 0.4) is 0 Å². The van der Waals surface area contributed by atoms with Gasteiger partial charge in [0.05, 0.1) is 0 Å². The van der Waals surface area contributed by atoms with E-state index >= 15 is 0 Å². The quantitative estimate of drug-likeness (QED) is 0.805. The first-order chi connectivity index (χ1) is 8.32. The molecule has 1 rings (SSSR count). The molecular weight excluding hydrogens is 247 g/mol. The van der Waals surface area contributed by atoms with Gasteiger partial charge in [-0.1, -0.05) is 19.3 Å². The average molecular weight is 267 g/mol. The van der Waals surface area contributed by atoms with Crippen molar-refractivity contribution < 1.29 is 23.1 Å². The van der Waals surface area contributed by atoms with Crippen LogP contribution in [0.1, 0.15) is 39.0 Å². The van der Waals surface area contributed by atoms with Crippen LogP contribution in [0.2, 0.25) is 0 Å². The Labute approximate surface area is 105 Å². The Balaban J connectivity index is 2.44. The number of carboxylic acids is 1. The van der Waals surface area contributed by atoms with E-state index in [4.69, 9.17) is 5.11 Å². The Bertz CT molecular complexity index is 275. The summed E-state index contributed by atoms with van der Waals surface area (Å²) in [5.41, 5.74) is 0. The first kappa shape index (κ1) is 15.3. The normalized spacial score (nSPS) is 21.6. The SMILES string of the molecule is C[C@@H](NCC(C(=O)O)C(F)(F)F)C1CCCCC1. The predicted octanol–water partition coefficient (Wildman–Crippen LogP) is 2.81. The second-order valence-electron chi connectivity index (χ2n) is 5.03. The molecule has 0 heterocycles. The number of halogens is 3. The molecule has 0 amide bonds. The van der Waals surface area contributed by atoms with E-state index in [1.807, 2.05) is 6.92 Å². The minimum absolute atomic E-state index is 0.0606. The number of hydrogen-bond donors (Lipinski definition) is 2. The van der Waals surface area contributed by atoms with Crippen molar-refractivity contribution in [1.82, 2.24) is 5.32 Å². The molecule has 1 saturated carbocycles. The van der Waals surface area contributed by atoms with Crippen molar-refractivity contribution in [2.45, 2.75) is 51.2 Å². The summed E-state index contributed by atoms with van der Waals surface area (Å²) in [5, 5.41) is 11.3. The number of carbonyl (C=O) groups is 1. The van der Waals surface area contributed by atoms with Crippen LogP contribution >= 0.6 is 0 Å². The molecule has 0 aromatic heterocycles. The second kappa shape index (κ2) is 6.41. The van der Waals surface area contributed by atoms with E-state index in [1.165, 1.54) is 6.42 Å². The van der Waals surface area contributed by atoms with Gasteiger partial charge < -0.3 is 10.4 Å². The summed E-state index contributed by atoms with van der Waals surface area (Å²) in [6.07, 6.45) is 0.737. The molecule has 2 N–H and O–H groups in total. The largest absolute Gasteiger partial charge is 0.481 e. The van der Waals surface area contributed by atoms with Crippen molar-refractivity contribution in [3.8, 4) is 0 Å². The third-order valence-electron chi connectivity index (χ3n) is 3.69. The molecule has 0 spiro atoms. The van der Waals surface area contributed by atoms with Gasteiger partial charge in [0.15, 0.2) is 5.92 Å². The molecule has 2 atom stereocenters. The van der Waals surface area contributed by atoms with E-state index < -0.39 is 24.6 Å². The fraction of sp³-hybridized carbons (Fsp3) is 0.917. The molecule has 0 aromatic rings. The maximum Gasteiger partial charge on any atom is 0.403 e. The molecule has 0 aliphatic heterocycles. The third kappa shape index (κ3) is 4.48. The van der Waals surface area contributed by atoms with Crippen LogP contribution in [0.4, 0.5) is 13.2 Å². The van der Waals surface area contributed by atoms with Crippen LogP contribution in [0.15, 0.2) is 0 Å². The molecule has 0 aromatic carbocycles. The number of rotatable bonds is 5. The van der Waals surface area contributed by atoms with E-state index in [0.29, 0.717) is 5.92 Å². The Kier molecular flexibility index (Phi) is 5.44. The lowest BCUT2D eigenvalue weighted by atomic mass is 9.84. The van der Waals surface area contributed by atoms with Crippen LogP contribution in [0.25, 0.3) is 0 Å². The Morgan fingerprint density at radius 1 is 1.33 bits per heavy atom. The summed E-state index contributed by atoms with van der Waals surface area (Å²) in [7, 11) is 0. The molecule has 0 saturated heterocycles. The van der Waals surface area contributed by atoms with Gasteiger partial charge in [0.25, 0.3) is 0 Å². The van der Waals surface area contributed by atoms with Gasteiger partial charge in [0.2, 0.25) is 0 Å². The second-order valence-corrected chi connectivity index (χ2v) is 5.03. The van der Waals surface area contributed by atoms with E-state index in [1.54, 1.807) is 0 Å². The smallest absolute Gasteiger partial charge is 0.403 e. The van der Waals surface area contributed by atoms with Gasteiger partial charge in [-0.15, -0.1) is 0 Å². The molecule has 6 heteroatoms. The van der Waals surface area contributed by atoms with Gasteiger partial charge in [-0.05, 0) is 25.7 Å². The summed E-state index contributed by atoms with van der Waals surface area (Å²) in [5.74, 6) is -3.77. The van der Waals surface area contributed by atoms with Gasteiger partial charge in [-0.3, -0.25) is 4.79 Å². The van der Waals surface area contributed by atoms with Crippen LogP contribution in [-0.4, -0.2) is 29.8 Å². The summed E-state index contributed by atoms with van der Waals surface area (Å²) in [4.78, 5) is 10.6. The molecule has 3 nitrogen and oxygen atoms in total. The minimum Gasteiger partial charge on any atom is -0.481 e. The highest BCUT2D eigenvalue weighted by Crippen LogP contribution is 2.28. The number of hydrogen-bond acceptors (Lipinski definition) is 2. The zero-order valence-electron chi connectivity index (χ0n) is 10.5. The summed E-state index contributed by atoms with van der Waals surface area (Å²) >= 11 is 0. The highest BCUT2D eigenvalue weighted by molar-refractivity contribution is 5.71. The number of carboxylic acid groups (broad SMARTS) is 1. The molecular formula is C12H20F3NO2. The van der Waals surface area contributed by atoms with E-state index in [-0.39, 0.29) is 6.04 Å². The zero-order chi connectivity index (χ0) is 13.8. The lowest BCUT2D eigenvalue weighted by Crippen LogP contribution is -2.44. The first-order valence-electron chi connectivity index (χ1n) is 6.35. The highest BCUT2D eigenvalue weighted by Gasteiger charge is 2.45. The van der Waals surface area contributed by atoms with E-state index in [9.17, 15) is 18.0 Å². The monoisotopic (exact) mass is 267 g/mol. The van der Waals surface area contributed by atoms with Crippen LogP contribution in [0, 0.1) is 11.8 Å². The van der Waals surface area contributed by atoms with Gasteiger partial charge in [-0.2, -0.15) is 13.2 Å². The fourth-order valence-corrected chi connectivity index (χ4v) is 2.45. The number of alkyl halides is 3. The lowest BCUT2D eigenvalue weighted by Gasteiger charge is -2.29. The lowest BCUT2D eigenvalue weighted by molar-refractivity contribution is -0.192. The molecule has 1 unspecified atom stereocenters. The summed E-state index contributed by atoms with van der Waals surface area (Å²) in [6, 6.07) is -0.0606. The summed E-state index contributed by atoms with van der Waals surface area (Å²) < 4.78 is 37.3. The minimum atomic E-state index is -4.69. The van der Waals surface area contributed by atoms with Gasteiger partial charge in [-0.25, -0.2) is 0 Å². The van der Waals surface area contributed by atoms with Crippen molar-refractivity contribution in [2.24, 2.45) is 11.8 Å². The first-order valence-corrected chi connectivity index (χ1v) is 6.35. The molecule has 1 fully saturated rings. The van der Waals surface area contributed by atoms with Gasteiger partial charge in [0.1, 0.15) is 0 Å². The number of nitrogens with one attached hydrogen (secondary N) is 1. The Hall–Kier alpha value is -0.780. The van der Waals surface area contributed by atoms with E-state index in [2.05, 4.69) is 5.32 Å². The van der Waals surface area contributed by atoms with Crippen molar-refractivity contribution in [3.05, 3.63) is 0 Å². The van der Waals surface area contributed by atoms with Crippen molar-refractivity contribution in [3.63, 3.8) is 0 Å². The van der Waals surface area contributed by atoms with Gasteiger partial charge in [0, 0.05) is 12.6 Å². The molecule has 1 aliphatic rings. The molecule has 18 heavy (non-hydrogen) atoms. The average Bonchev–Trinajstić information content (AvgIpc) is 2.28. The van der Waals surface area contributed by atoms with Crippen LogP contribution in [0.5, 0.6) is 0 Å². The standard InChI is InChI=1S/C12H20F3NO2/c1-8(9-5-3-2-4-6-9)16-7-10(11(17)18)12(13,14)15/h8-10,16H,2-7H2,1H3,(H,17,18)/t8-,10?/m1/s1. The molecule has 106 valence electrons. The molecule has 0 bridgehead atoms. The molecule has 1 aliphatic carbocycles. The highest BCUT2D eigenvalue weighted by atomic mass is 19.4. The number of aliphatic carboxylic acids is 1. The Morgan fingerprint density at radius 2 is 1.89 bits per heavy atom.